The number of piperidine rings is 1. The van der Waals surface area contributed by atoms with Crippen LogP contribution in [0.5, 0.6) is 0 Å². The number of rotatable bonds is 4. The highest BCUT2D eigenvalue weighted by atomic mass is 16.2. The molecule has 0 bridgehead atoms. The van der Waals surface area contributed by atoms with Crippen LogP contribution >= 0.6 is 0 Å². The smallest absolute Gasteiger partial charge is 0.212 e. The van der Waals surface area contributed by atoms with Gasteiger partial charge in [0.15, 0.2) is 6.29 Å². The number of aldehydes is 1. The minimum atomic E-state index is -0.326. The van der Waals surface area contributed by atoms with E-state index in [1.165, 1.54) is 5.56 Å². The molecule has 0 radical (unpaired) electrons. The molecule has 3 nitrogen and oxygen atoms in total. The molecule has 0 amide bonds. The highest BCUT2D eigenvalue weighted by Gasteiger charge is 2.36. The Morgan fingerprint density at radius 2 is 2.17 bits per heavy atom. The standard InChI is InChI=1S/C15H19NO2/c1-2-15(12-6-4-3-5-7-12)9-8-13(16-11-15)14(18)10-17/h3-7,10,13,16H,2,8-9,11H2,1H3. The monoisotopic (exact) mass is 245 g/mol. The van der Waals surface area contributed by atoms with Gasteiger partial charge in [-0.25, -0.2) is 0 Å². The van der Waals surface area contributed by atoms with E-state index in [4.69, 9.17) is 0 Å². The second kappa shape index (κ2) is 5.44. The largest absolute Gasteiger partial charge is 0.306 e. The number of hydrogen-bond donors (Lipinski definition) is 1. The highest BCUT2D eigenvalue weighted by Crippen LogP contribution is 2.35. The summed E-state index contributed by atoms with van der Waals surface area (Å²) in [6, 6.07) is 10.1. The molecule has 0 saturated carbocycles. The quantitative estimate of drug-likeness (QED) is 0.650. The van der Waals surface area contributed by atoms with E-state index < -0.39 is 0 Å². The lowest BCUT2D eigenvalue weighted by Gasteiger charge is -2.40. The normalized spacial score (nSPS) is 27.7. The molecule has 2 unspecified atom stereocenters. The second-order valence-corrected chi connectivity index (χ2v) is 4.99. The van der Waals surface area contributed by atoms with Crippen molar-refractivity contribution in [1.29, 1.82) is 0 Å². The zero-order chi connectivity index (χ0) is 13.0. The Labute approximate surface area is 108 Å². The summed E-state index contributed by atoms with van der Waals surface area (Å²) in [6.07, 6.45) is 3.15. The SMILES string of the molecule is CCC1(c2ccccc2)CCC(C(=O)C=O)NC1. The fourth-order valence-electron chi connectivity index (χ4n) is 2.80. The molecule has 2 atom stereocenters. The number of Topliss-reactive ketones (excluding diaryl/α,β-unsaturated/α-hetero) is 1. The summed E-state index contributed by atoms with van der Waals surface area (Å²) in [6.45, 7) is 2.94. The van der Waals surface area contributed by atoms with Gasteiger partial charge in [-0.05, 0) is 24.8 Å². The van der Waals surface area contributed by atoms with Crippen molar-refractivity contribution in [2.24, 2.45) is 0 Å². The van der Waals surface area contributed by atoms with Gasteiger partial charge in [-0.3, -0.25) is 9.59 Å². The summed E-state index contributed by atoms with van der Waals surface area (Å²) >= 11 is 0. The molecule has 0 aromatic heterocycles. The fraction of sp³-hybridized carbons (Fsp3) is 0.467. The highest BCUT2D eigenvalue weighted by molar-refractivity contribution is 6.27. The topological polar surface area (TPSA) is 46.2 Å². The number of ketones is 1. The van der Waals surface area contributed by atoms with Crippen molar-refractivity contribution in [3.05, 3.63) is 35.9 Å². The van der Waals surface area contributed by atoms with Gasteiger partial charge < -0.3 is 5.32 Å². The van der Waals surface area contributed by atoms with Crippen molar-refractivity contribution < 1.29 is 9.59 Å². The van der Waals surface area contributed by atoms with Crippen molar-refractivity contribution in [2.45, 2.75) is 37.6 Å². The molecule has 18 heavy (non-hydrogen) atoms. The third kappa shape index (κ3) is 2.36. The molecule has 1 aromatic carbocycles. The minimum Gasteiger partial charge on any atom is -0.306 e. The zero-order valence-corrected chi connectivity index (χ0v) is 10.7. The van der Waals surface area contributed by atoms with E-state index in [1.54, 1.807) is 0 Å². The summed E-state index contributed by atoms with van der Waals surface area (Å²) in [7, 11) is 0. The van der Waals surface area contributed by atoms with Crippen LogP contribution in [0, 0.1) is 0 Å². The fourth-order valence-corrected chi connectivity index (χ4v) is 2.80. The van der Waals surface area contributed by atoms with Crippen LogP contribution in [0.2, 0.25) is 0 Å². The Morgan fingerprint density at radius 1 is 1.44 bits per heavy atom. The maximum absolute atomic E-state index is 11.4. The number of carbonyl (C=O) groups is 2. The van der Waals surface area contributed by atoms with Crippen molar-refractivity contribution in [2.75, 3.05) is 6.54 Å². The molecule has 96 valence electrons. The van der Waals surface area contributed by atoms with Crippen LogP contribution in [0.15, 0.2) is 30.3 Å². The van der Waals surface area contributed by atoms with Crippen LogP contribution in [0.1, 0.15) is 31.7 Å². The van der Waals surface area contributed by atoms with Crippen molar-refractivity contribution in [1.82, 2.24) is 5.32 Å². The van der Waals surface area contributed by atoms with E-state index in [-0.39, 0.29) is 17.2 Å². The summed E-state index contributed by atoms with van der Waals surface area (Å²) in [4.78, 5) is 21.9. The van der Waals surface area contributed by atoms with Crippen molar-refractivity contribution >= 4 is 12.1 Å². The summed E-state index contributed by atoms with van der Waals surface area (Å²) in [5.74, 6) is -0.326. The molecular formula is C15H19NO2. The minimum absolute atomic E-state index is 0.0981. The van der Waals surface area contributed by atoms with Gasteiger partial charge in [-0.1, -0.05) is 37.3 Å². The maximum Gasteiger partial charge on any atom is 0.212 e. The van der Waals surface area contributed by atoms with Crippen LogP contribution in [0.25, 0.3) is 0 Å². The van der Waals surface area contributed by atoms with Gasteiger partial charge in [-0.15, -0.1) is 0 Å². The van der Waals surface area contributed by atoms with E-state index in [9.17, 15) is 9.59 Å². The summed E-state index contributed by atoms with van der Waals surface area (Å²) in [5, 5.41) is 3.23. The second-order valence-electron chi connectivity index (χ2n) is 4.99. The van der Waals surface area contributed by atoms with Gasteiger partial charge in [0.2, 0.25) is 5.78 Å². The molecule has 1 saturated heterocycles. The Kier molecular flexibility index (Phi) is 3.92. The van der Waals surface area contributed by atoms with E-state index in [1.807, 2.05) is 6.07 Å². The Morgan fingerprint density at radius 3 is 2.67 bits per heavy atom. The molecule has 1 aliphatic rings. The molecule has 1 aliphatic heterocycles. The summed E-state index contributed by atoms with van der Waals surface area (Å²) < 4.78 is 0. The van der Waals surface area contributed by atoms with Gasteiger partial charge in [0.25, 0.3) is 0 Å². The molecule has 1 fully saturated rings. The van der Waals surface area contributed by atoms with E-state index in [0.29, 0.717) is 6.29 Å². The summed E-state index contributed by atoms with van der Waals surface area (Å²) in [5.41, 5.74) is 1.41. The third-order valence-corrected chi connectivity index (χ3v) is 4.12. The van der Waals surface area contributed by atoms with Gasteiger partial charge >= 0.3 is 0 Å². The number of carbonyl (C=O) groups excluding carboxylic acids is 2. The van der Waals surface area contributed by atoms with Gasteiger partial charge in [-0.2, -0.15) is 0 Å². The van der Waals surface area contributed by atoms with Crippen LogP contribution in [-0.2, 0) is 15.0 Å². The Balaban J connectivity index is 2.14. The van der Waals surface area contributed by atoms with Crippen LogP contribution in [0.3, 0.4) is 0 Å². The van der Waals surface area contributed by atoms with Crippen molar-refractivity contribution in [3.8, 4) is 0 Å². The number of benzene rings is 1. The average molecular weight is 245 g/mol. The Hall–Kier alpha value is -1.48. The molecule has 3 heteroatoms. The molecule has 2 rings (SSSR count). The molecular weight excluding hydrogens is 226 g/mol. The molecule has 1 heterocycles. The van der Waals surface area contributed by atoms with Crippen LogP contribution in [0.4, 0.5) is 0 Å². The lowest BCUT2D eigenvalue weighted by Crippen LogP contribution is -2.51. The number of nitrogens with one attached hydrogen (secondary N) is 1. The maximum atomic E-state index is 11.4. The van der Waals surface area contributed by atoms with E-state index >= 15 is 0 Å². The van der Waals surface area contributed by atoms with Crippen LogP contribution in [-0.4, -0.2) is 24.7 Å². The Bertz CT molecular complexity index is 419. The van der Waals surface area contributed by atoms with Crippen molar-refractivity contribution in [3.63, 3.8) is 0 Å². The molecule has 0 aliphatic carbocycles. The first-order chi connectivity index (χ1) is 8.72. The van der Waals surface area contributed by atoms with Gasteiger partial charge in [0.05, 0.1) is 6.04 Å². The lowest BCUT2D eigenvalue weighted by atomic mass is 9.71. The lowest BCUT2D eigenvalue weighted by molar-refractivity contribution is -0.131. The van der Waals surface area contributed by atoms with Crippen LogP contribution < -0.4 is 5.32 Å². The first kappa shape index (κ1) is 13.0. The first-order valence-corrected chi connectivity index (χ1v) is 6.50. The average Bonchev–Trinajstić information content (AvgIpc) is 2.47. The van der Waals surface area contributed by atoms with E-state index in [0.717, 1.165) is 25.8 Å². The van der Waals surface area contributed by atoms with E-state index in [2.05, 4.69) is 36.5 Å². The first-order valence-electron chi connectivity index (χ1n) is 6.50. The number of hydrogen-bond acceptors (Lipinski definition) is 3. The third-order valence-electron chi connectivity index (χ3n) is 4.12. The zero-order valence-electron chi connectivity index (χ0n) is 10.7. The molecule has 1 N–H and O–H groups in total. The van der Waals surface area contributed by atoms with Gasteiger partial charge in [0.1, 0.15) is 0 Å². The van der Waals surface area contributed by atoms with Gasteiger partial charge in [0, 0.05) is 12.0 Å². The predicted molar refractivity (Wildman–Crippen MR) is 70.5 cm³/mol. The predicted octanol–water partition coefficient (Wildman–Crippen LogP) is 1.85. The molecule has 1 aromatic rings. The molecule has 0 spiro atoms.